The fraction of sp³-hybridized carbons (Fsp3) is 0.130. The van der Waals surface area contributed by atoms with E-state index in [9.17, 15) is 19.7 Å². The summed E-state index contributed by atoms with van der Waals surface area (Å²) >= 11 is 0. The highest BCUT2D eigenvalue weighted by molar-refractivity contribution is 6.04. The third-order valence-corrected chi connectivity index (χ3v) is 4.45. The minimum atomic E-state index is -0.701. The number of hydrogen-bond acceptors (Lipinski definition) is 5. The summed E-state index contributed by atoms with van der Waals surface area (Å²) in [6.45, 7) is 3.62. The lowest BCUT2D eigenvalue weighted by atomic mass is 10.1. The Morgan fingerprint density at radius 2 is 1.60 bits per heavy atom. The number of nitrogens with zero attached hydrogens (tertiary/aromatic N) is 1. The Hall–Kier alpha value is -4.00. The van der Waals surface area contributed by atoms with Crippen molar-refractivity contribution in [3.05, 3.63) is 99.6 Å². The van der Waals surface area contributed by atoms with Gasteiger partial charge in [0.1, 0.15) is 5.75 Å². The largest absolute Gasteiger partial charge is 0.482 e. The van der Waals surface area contributed by atoms with Gasteiger partial charge in [-0.1, -0.05) is 35.9 Å². The van der Waals surface area contributed by atoms with E-state index in [4.69, 9.17) is 4.74 Å². The molecule has 0 aliphatic carbocycles. The molecule has 0 fully saturated rings. The van der Waals surface area contributed by atoms with Crippen LogP contribution in [-0.2, 0) is 0 Å². The zero-order valence-electron chi connectivity index (χ0n) is 16.5. The first-order valence-corrected chi connectivity index (χ1v) is 9.27. The first-order chi connectivity index (χ1) is 14.3. The number of ether oxygens (including phenoxy) is 1. The van der Waals surface area contributed by atoms with Gasteiger partial charge in [-0.3, -0.25) is 19.7 Å². The molecule has 3 aromatic rings. The Kier molecular flexibility index (Phi) is 6.22. The number of amides is 1. The van der Waals surface area contributed by atoms with E-state index in [-0.39, 0.29) is 17.0 Å². The van der Waals surface area contributed by atoms with E-state index in [2.05, 4.69) is 5.32 Å². The van der Waals surface area contributed by atoms with Gasteiger partial charge in [0.25, 0.3) is 11.6 Å². The van der Waals surface area contributed by atoms with Crippen molar-refractivity contribution in [2.75, 3.05) is 5.32 Å². The smallest absolute Gasteiger partial charge is 0.269 e. The fourth-order valence-electron chi connectivity index (χ4n) is 2.80. The maximum absolute atomic E-state index is 12.5. The lowest BCUT2D eigenvalue weighted by Gasteiger charge is -2.15. The van der Waals surface area contributed by atoms with Crippen LogP contribution >= 0.6 is 0 Å². The highest BCUT2D eigenvalue weighted by atomic mass is 16.6. The topological polar surface area (TPSA) is 98.5 Å². The first kappa shape index (κ1) is 20.7. The molecule has 1 amide bonds. The van der Waals surface area contributed by atoms with E-state index in [0.717, 1.165) is 5.56 Å². The molecule has 0 spiro atoms. The second kappa shape index (κ2) is 9.00. The summed E-state index contributed by atoms with van der Waals surface area (Å²) in [5.41, 5.74) is 2.31. The number of anilines is 1. The quantitative estimate of drug-likeness (QED) is 0.346. The van der Waals surface area contributed by atoms with Crippen molar-refractivity contribution in [1.29, 1.82) is 0 Å². The summed E-state index contributed by atoms with van der Waals surface area (Å²) in [4.78, 5) is 35.1. The summed E-state index contributed by atoms with van der Waals surface area (Å²) in [5.74, 6) is -0.120. The third kappa shape index (κ3) is 5.08. The summed E-state index contributed by atoms with van der Waals surface area (Å²) in [6, 6.07) is 19.3. The van der Waals surface area contributed by atoms with E-state index in [1.54, 1.807) is 43.3 Å². The number of non-ortho nitro benzene ring substituents is 1. The second-order valence-corrected chi connectivity index (χ2v) is 6.78. The van der Waals surface area contributed by atoms with Crippen LogP contribution in [0.3, 0.4) is 0 Å². The number of aryl methyl sites for hydroxylation is 1. The molecule has 0 saturated carbocycles. The Labute approximate surface area is 173 Å². The summed E-state index contributed by atoms with van der Waals surface area (Å²) < 4.78 is 5.75. The molecule has 0 saturated heterocycles. The molecule has 7 heteroatoms. The molecular weight excluding hydrogens is 384 g/mol. The number of ketones is 1. The predicted octanol–water partition coefficient (Wildman–Crippen LogP) is 4.81. The number of nitrogens with one attached hydrogen (secondary N) is 1. The van der Waals surface area contributed by atoms with E-state index in [1.165, 1.54) is 24.3 Å². The Balaban J connectivity index is 1.66. The van der Waals surface area contributed by atoms with E-state index < -0.39 is 16.9 Å². The maximum Gasteiger partial charge on any atom is 0.269 e. The van der Waals surface area contributed by atoms with Crippen LogP contribution in [0.25, 0.3) is 0 Å². The molecule has 0 aliphatic rings. The van der Waals surface area contributed by atoms with Gasteiger partial charge in [0, 0.05) is 35.0 Å². The molecule has 0 heterocycles. The zero-order valence-corrected chi connectivity index (χ0v) is 16.5. The Bertz CT molecular complexity index is 1080. The number of nitro groups is 1. The highest BCUT2D eigenvalue weighted by Gasteiger charge is 2.17. The van der Waals surface area contributed by atoms with Gasteiger partial charge in [-0.25, -0.2) is 0 Å². The highest BCUT2D eigenvalue weighted by Crippen LogP contribution is 2.21. The lowest BCUT2D eigenvalue weighted by Crippen LogP contribution is -2.24. The average Bonchev–Trinajstić information content (AvgIpc) is 2.74. The fourth-order valence-corrected chi connectivity index (χ4v) is 2.80. The van der Waals surface area contributed by atoms with Crippen molar-refractivity contribution in [3.63, 3.8) is 0 Å². The van der Waals surface area contributed by atoms with E-state index in [1.807, 2.05) is 19.1 Å². The molecule has 1 N–H and O–H groups in total. The lowest BCUT2D eigenvalue weighted by molar-refractivity contribution is -0.384. The van der Waals surface area contributed by atoms with Crippen LogP contribution in [0.4, 0.5) is 11.4 Å². The SMILES string of the molecule is Cc1ccc(C(=O)C(C)Oc2cccc(NC(=O)c3ccc([N+](=O)[O-])cc3)c2)cc1. The summed E-state index contributed by atoms with van der Waals surface area (Å²) in [6.07, 6.45) is -0.701. The molecule has 3 aromatic carbocycles. The minimum Gasteiger partial charge on any atom is -0.482 e. The van der Waals surface area contributed by atoms with E-state index >= 15 is 0 Å². The van der Waals surface area contributed by atoms with Crippen LogP contribution < -0.4 is 10.1 Å². The number of nitro benzene ring substituents is 1. The number of Topliss-reactive ketones (excluding diaryl/α,β-unsaturated/α-hetero) is 1. The molecule has 1 atom stereocenters. The molecule has 0 aliphatic heterocycles. The van der Waals surface area contributed by atoms with Gasteiger partial charge in [0.05, 0.1) is 4.92 Å². The second-order valence-electron chi connectivity index (χ2n) is 6.78. The summed E-state index contributed by atoms with van der Waals surface area (Å²) in [5, 5.41) is 13.4. The molecule has 0 radical (unpaired) electrons. The molecule has 3 rings (SSSR count). The summed E-state index contributed by atoms with van der Waals surface area (Å²) in [7, 11) is 0. The van der Waals surface area contributed by atoms with Crippen molar-refractivity contribution in [3.8, 4) is 5.75 Å². The maximum atomic E-state index is 12.5. The average molecular weight is 404 g/mol. The van der Waals surface area contributed by atoms with Gasteiger partial charge in [-0.2, -0.15) is 0 Å². The van der Waals surface area contributed by atoms with Crippen molar-refractivity contribution in [2.45, 2.75) is 20.0 Å². The Morgan fingerprint density at radius 1 is 0.967 bits per heavy atom. The van der Waals surface area contributed by atoms with Gasteiger partial charge in [-0.05, 0) is 38.1 Å². The minimum absolute atomic E-state index is 0.0887. The molecule has 30 heavy (non-hydrogen) atoms. The first-order valence-electron chi connectivity index (χ1n) is 9.27. The van der Waals surface area contributed by atoms with Crippen LogP contribution in [0.15, 0.2) is 72.8 Å². The normalized spacial score (nSPS) is 11.4. The molecule has 152 valence electrons. The number of benzene rings is 3. The number of carbonyl (C=O) groups excluding carboxylic acids is 2. The van der Waals surface area contributed by atoms with Crippen LogP contribution in [0.1, 0.15) is 33.2 Å². The van der Waals surface area contributed by atoms with Crippen molar-refractivity contribution in [1.82, 2.24) is 0 Å². The van der Waals surface area contributed by atoms with Gasteiger partial charge in [0.2, 0.25) is 5.78 Å². The van der Waals surface area contributed by atoms with Crippen LogP contribution in [0, 0.1) is 17.0 Å². The van der Waals surface area contributed by atoms with Gasteiger partial charge in [0.15, 0.2) is 6.10 Å². The van der Waals surface area contributed by atoms with Crippen LogP contribution in [-0.4, -0.2) is 22.7 Å². The van der Waals surface area contributed by atoms with Gasteiger partial charge >= 0.3 is 0 Å². The van der Waals surface area contributed by atoms with Crippen LogP contribution in [0.2, 0.25) is 0 Å². The Morgan fingerprint density at radius 3 is 2.23 bits per heavy atom. The van der Waals surface area contributed by atoms with Crippen molar-refractivity contribution >= 4 is 23.1 Å². The standard InChI is InChI=1S/C23H20N2O5/c1-15-6-8-17(9-7-15)22(26)16(2)30-21-5-3-4-19(14-21)24-23(27)18-10-12-20(13-11-18)25(28)29/h3-14,16H,1-2H3,(H,24,27). The third-order valence-electron chi connectivity index (χ3n) is 4.45. The molecular formula is C23H20N2O5. The van der Waals surface area contributed by atoms with Crippen molar-refractivity contribution < 1.29 is 19.2 Å². The van der Waals surface area contributed by atoms with Gasteiger partial charge < -0.3 is 10.1 Å². The number of hydrogen-bond donors (Lipinski definition) is 1. The van der Waals surface area contributed by atoms with E-state index in [0.29, 0.717) is 17.0 Å². The molecule has 1 unspecified atom stereocenters. The van der Waals surface area contributed by atoms with Crippen molar-refractivity contribution in [2.24, 2.45) is 0 Å². The molecule has 0 aromatic heterocycles. The van der Waals surface area contributed by atoms with Gasteiger partial charge in [-0.15, -0.1) is 0 Å². The zero-order chi connectivity index (χ0) is 21.7. The monoisotopic (exact) mass is 404 g/mol. The number of rotatable bonds is 7. The molecule has 0 bridgehead atoms. The number of carbonyl (C=O) groups is 2. The molecule has 7 nitrogen and oxygen atoms in total. The van der Waals surface area contributed by atoms with Crippen LogP contribution in [0.5, 0.6) is 5.75 Å². The predicted molar refractivity (Wildman–Crippen MR) is 113 cm³/mol.